The van der Waals surface area contributed by atoms with Gasteiger partial charge >= 0.3 is 0 Å². The molecule has 0 bridgehead atoms. The lowest BCUT2D eigenvalue weighted by Crippen LogP contribution is -2.32. The van der Waals surface area contributed by atoms with Crippen molar-refractivity contribution in [1.82, 2.24) is 10.2 Å². The van der Waals surface area contributed by atoms with Crippen LogP contribution in [0.25, 0.3) is 0 Å². The summed E-state index contributed by atoms with van der Waals surface area (Å²) < 4.78 is 6.76. The summed E-state index contributed by atoms with van der Waals surface area (Å²) >= 11 is 2.98. The fraction of sp³-hybridized carbons (Fsp3) is 0.286. The average Bonchev–Trinajstić information content (AvgIpc) is 3.14. The van der Waals surface area contributed by atoms with E-state index >= 15 is 0 Å². The van der Waals surface area contributed by atoms with E-state index in [1.165, 1.54) is 16.9 Å². The molecule has 1 N–H and O–H groups in total. The monoisotopic (exact) mass is 413 g/mol. The minimum absolute atomic E-state index is 0.210. The number of anilines is 1. The summed E-state index contributed by atoms with van der Waals surface area (Å²) in [4.78, 5) is 12.6. The molecule has 3 rings (SSSR count). The van der Waals surface area contributed by atoms with Crippen LogP contribution >= 0.6 is 23.1 Å². The van der Waals surface area contributed by atoms with Gasteiger partial charge in [0.2, 0.25) is 5.13 Å². The first-order valence-corrected chi connectivity index (χ1v) is 10.9. The summed E-state index contributed by atoms with van der Waals surface area (Å²) in [6, 6.07) is 16.1. The molecule has 3 aromatic rings. The molecule has 0 fully saturated rings. The molecule has 0 spiro atoms. The van der Waals surface area contributed by atoms with Crippen LogP contribution in [0.5, 0.6) is 5.75 Å². The minimum atomic E-state index is -0.578. The van der Waals surface area contributed by atoms with Gasteiger partial charge in [-0.05, 0) is 37.5 Å². The molecule has 0 saturated carbocycles. The maximum absolute atomic E-state index is 12.6. The van der Waals surface area contributed by atoms with Crippen molar-refractivity contribution in [3.8, 4) is 5.75 Å². The number of nitrogens with one attached hydrogen (secondary N) is 1. The first kappa shape index (κ1) is 20.4. The highest BCUT2D eigenvalue weighted by atomic mass is 32.2. The normalized spacial score (nSPS) is 11.8. The van der Waals surface area contributed by atoms with Gasteiger partial charge in [-0.1, -0.05) is 78.1 Å². The molecular weight excluding hydrogens is 390 g/mol. The Morgan fingerprint density at radius 1 is 1.18 bits per heavy atom. The van der Waals surface area contributed by atoms with E-state index in [-0.39, 0.29) is 5.91 Å². The molecule has 146 valence electrons. The summed E-state index contributed by atoms with van der Waals surface area (Å²) in [5.74, 6) is 1.33. The van der Waals surface area contributed by atoms with E-state index in [1.54, 1.807) is 11.8 Å². The van der Waals surface area contributed by atoms with Crippen molar-refractivity contribution in [2.45, 2.75) is 43.4 Å². The summed E-state index contributed by atoms with van der Waals surface area (Å²) in [6.45, 7) is 5.94. The molecule has 0 aliphatic carbocycles. The van der Waals surface area contributed by atoms with Crippen molar-refractivity contribution >= 4 is 34.1 Å². The molecular formula is C21H23N3O2S2. The topological polar surface area (TPSA) is 64.1 Å². The van der Waals surface area contributed by atoms with Gasteiger partial charge in [0.1, 0.15) is 5.75 Å². The Morgan fingerprint density at radius 2 is 1.96 bits per heavy atom. The van der Waals surface area contributed by atoms with Gasteiger partial charge in [-0.3, -0.25) is 10.1 Å². The van der Waals surface area contributed by atoms with Gasteiger partial charge in [-0.25, -0.2) is 0 Å². The lowest BCUT2D eigenvalue weighted by molar-refractivity contribution is -0.122. The van der Waals surface area contributed by atoms with Gasteiger partial charge < -0.3 is 4.74 Å². The Morgan fingerprint density at radius 3 is 2.68 bits per heavy atom. The smallest absolute Gasteiger partial charge is 0.267 e. The van der Waals surface area contributed by atoms with Crippen molar-refractivity contribution in [1.29, 1.82) is 0 Å². The van der Waals surface area contributed by atoms with Crippen molar-refractivity contribution < 1.29 is 9.53 Å². The summed E-state index contributed by atoms with van der Waals surface area (Å²) in [5, 5.41) is 11.6. The van der Waals surface area contributed by atoms with Crippen LogP contribution in [0.4, 0.5) is 5.13 Å². The largest absolute Gasteiger partial charge is 0.480 e. The molecule has 1 amide bonds. The number of thioether (sulfide) groups is 1. The molecule has 1 heterocycles. The van der Waals surface area contributed by atoms with Crippen LogP contribution in [-0.2, 0) is 10.5 Å². The highest BCUT2D eigenvalue weighted by molar-refractivity contribution is 8.00. The fourth-order valence-electron chi connectivity index (χ4n) is 2.63. The first-order chi connectivity index (χ1) is 13.5. The van der Waals surface area contributed by atoms with Crippen LogP contribution in [0.3, 0.4) is 0 Å². The zero-order valence-electron chi connectivity index (χ0n) is 16.1. The Bertz CT molecular complexity index is 928. The second kappa shape index (κ2) is 9.71. The van der Waals surface area contributed by atoms with Crippen LogP contribution in [0.1, 0.15) is 30.0 Å². The van der Waals surface area contributed by atoms with E-state index in [2.05, 4.69) is 27.6 Å². The van der Waals surface area contributed by atoms with Crippen molar-refractivity contribution in [2.75, 3.05) is 5.32 Å². The van der Waals surface area contributed by atoms with Gasteiger partial charge in [-0.15, -0.1) is 10.2 Å². The third-order valence-corrected chi connectivity index (χ3v) is 6.15. The average molecular weight is 414 g/mol. The SMILES string of the molecule is CC[C@@H](Oc1ccc(C)cc1C)C(=O)Nc1nnc(SCc2ccccc2)s1. The number of amides is 1. The van der Waals surface area contributed by atoms with Gasteiger partial charge in [0.25, 0.3) is 5.91 Å². The third-order valence-electron chi connectivity index (χ3n) is 4.10. The number of aryl methyl sites for hydroxylation is 2. The molecule has 0 aliphatic heterocycles. The quantitative estimate of drug-likeness (QED) is 0.404. The Labute approximate surface area is 173 Å². The number of carbonyl (C=O) groups is 1. The molecule has 0 radical (unpaired) electrons. The maximum Gasteiger partial charge on any atom is 0.267 e. The molecule has 2 aromatic carbocycles. The second-order valence-corrected chi connectivity index (χ2v) is 8.62. The van der Waals surface area contributed by atoms with Crippen molar-refractivity contribution in [3.63, 3.8) is 0 Å². The van der Waals surface area contributed by atoms with E-state index in [0.717, 1.165) is 27.0 Å². The number of rotatable bonds is 8. The number of ether oxygens (including phenoxy) is 1. The van der Waals surface area contributed by atoms with Gasteiger partial charge in [-0.2, -0.15) is 0 Å². The number of benzene rings is 2. The zero-order chi connectivity index (χ0) is 19.9. The molecule has 1 atom stereocenters. The molecule has 0 aliphatic rings. The van der Waals surface area contributed by atoms with Gasteiger partial charge in [0, 0.05) is 5.75 Å². The first-order valence-electron chi connectivity index (χ1n) is 9.10. The molecule has 7 heteroatoms. The molecule has 0 saturated heterocycles. The highest BCUT2D eigenvalue weighted by Gasteiger charge is 2.21. The zero-order valence-corrected chi connectivity index (χ0v) is 17.8. The number of nitrogens with zero attached hydrogens (tertiary/aromatic N) is 2. The predicted molar refractivity (Wildman–Crippen MR) is 115 cm³/mol. The second-order valence-electron chi connectivity index (χ2n) is 6.42. The predicted octanol–water partition coefficient (Wildman–Crippen LogP) is 5.24. The Hall–Kier alpha value is -2.38. The van der Waals surface area contributed by atoms with E-state index in [0.29, 0.717) is 11.6 Å². The van der Waals surface area contributed by atoms with E-state index in [9.17, 15) is 4.79 Å². The number of aromatic nitrogens is 2. The fourth-order valence-corrected chi connectivity index (χ4v) is 4.34. The minimum Gasteiger partial charge on any atom is -0.480 e. The van der Waals surface area contributed by atoms with Crippen LogP contribution in [0.2, 0.25) is 0 Å². The number of hydrogen-bond donors (Lipinski definition) is 1. The Kier molecular flexibility index (Phi) is 7.06. The maximum atomic E-state index is 12.6. The lowest BCUT2D eigenvalue weighted by atomic mass is 10.1. The molecule has 28 heavy (non-hydrogen) atoms. The molecule has 5 nitrogen and oxygen atoms in total. The van der Waals surface area contributed by atoms with E-state index in [4.69, 9.17) is 4.74 Å². The van der Waals surface area contributed by atoms with Crippen LogP contribution in [0.15, 0.2) is 52.9 Å². The Balaban J connectivity index is 1.57. The third kappa shape index (κ3) is 5.56. The standard InChI is InChI=1S/C21H23N3O2S2/c1-4-17(26-18-11-10-14(2)12-15(18)3)19(25)22-20-23-24-21(28-20)27-13-16-8-6-5-7-9-16/h5-12,17H,4,13H2,1-3H3,(H,22,23,25)/t17-/m1/s1. The highest BCUT2D eigenvalue weighted by Crippen LogP contribution is 2.28. The summed E-state index contributed by atoms with van der Waals surface area (Å²) in [6.07, 6.45) is -0.0150. The molecule has 1 aromatic heterocycles. The van der Waals surface area contributed by atoms with Crippen molar-refractivity contribution in [2.24, 2.45) is 0 Å². The molecule has 0 unspecified atom stereocenters. The van der Waals surface area contributed by atoms with E-state index < -0.39 is 6.10 Å². The summed E-state index contributed by atoms with van der Waals surface area (Å²) in [5.41, 5.74) is 3.40. The van der Waals surface area contributed by atoms with E-state index in [1.807, 2.05) is 57.2 Å². The van der Waals surface area contributed by atoms with Crippen LogP contribution in [-0.4, -0.2) is 22.2 Å². The van der Waals surface area contributed by atoms with Gasteiger partial charge in [0.05, 0.1) is 0 Å². The van der Waals surface area contributed by atoms with Crippen molar-refractivity contribution in [3.05, 3.63) is 65.2 Å². The van der Waals surface area contributed by atoms with Crippen LogP contribution in [0, 0.1) is 13.8 Å². The number of carbonyl (C=O) groups excluding carboxylic acids is 1. The number of hydrogen-bond acceptors (Lipinski definition) is 6. The van der Waals surface area contributed by atoms with Crippen LogP contribution < -0.4 is 10.1 Å². The van der Waals surface area contributed by atoms with Gasteiger partial charge in [0.15, 0.2) is 10.4 Å². The summed E-state index contributed by atoms with van der Waals surface area (Å²) in [7, 11) is 0. The lowest BCUT2D eigenvalue weighted by Gasteiger charge is -2.18.